The van der Waals surface area contributed by atoms with Crippen molar-refractivity contribution in [2.75, 3.05) is 0 Å². The van der Waals surface area contributed by atoms with E-state index in [1.54, 1.807) is 23.5 Å². The van der Waals surface area contributed by atoms with E-state index in [1.807, 2.05) is 23.6 Å². The topological polar surface area (TPSA) is 46.2 Å². The van der Waals surface area contributed by atoms with Crippen LogP contribution in [0.25, 0.3) is 11.1 Å². The van der Waals surface area contributed by atoms with Crippen LogP contribution in [-0.4, -0.2) is 5.11 Å². The lowest BCUT2D eigenvalue weighted by Gasteiger charge is -1.99. The lowest BCUT2D eigenvalue weighted by Crippen LogP contribution is -1.98. The summed E-state index contributed by atoms with van der Waals surface area (Å²) in [6, 6.07) is 9.13. The summed E-state index contributed by atoms with van der Waals surface area (Å²) < 4.78 is 0. The van der Waals surface area contributed by atoms with Gasteiger partial charge in [-0.1, -0.05) is 12.1 Å². The maximum atomic E-state index is 9.17. The number of aromatic hydroxyl groups is 1. The zero-order valence-corrected chi connectivity index (χ0v) is 9.63. The maximum absolute atomic E-state index is 9.17. The fraction of sp³-hybridized carbons (Fsp3) is 0.0909. The first-order valence-corrected chi connectivity index (χ1v) is 5.88. The maximum Gasteiger partial charge on any atom is 0.115 e. The molecule has 2 nitrogen and oxygen atoms in total. The highest BCUT2D eigenvalue weighted by molar-refractivity contribution is 7.80. The third kappa shape index (κ3) is 2.34. The molecular weight excluding hydrogens is 226 g/mol. The van der Waals surface area contributed by atoms with Crippen molar-refractivity contribution in [3.63, 3.8) is 0 Å². The summed E-state index contributed by atoms with van der Waals surface area (Å²) in [5.74, 6) is 0.278. The molecule has 1 unspecified atom stereocenters. The van der Waals surface area contributed by atoms with E-state index in [0.717, 1.165) is 16.0 Å². The molecule has 0 saturated heterocycles. The van der Waals surface area contributed by atoms with Crippen LogP contribution < -0.4 is 5.73 Å². The highest BCUT2D eigenvalue weighted by atomic mass is 32.1. The van der Waals surface area contributed by atoms with E-state index in [4.69, 9.17) is 10.8 Å². The second kappa shape index (κ2) is 4.26. The van der Waals surface area contributed by atoms with Crippen LogP contribution in [0.4, 0.5) is 0 Å². The fourth-order valence-electron chi connectivity index (χ4n) is 1.31. The molecular formula is C11H11NOS2. The first kappa shape index (κ1) is 10.5. The van der Waals surface area contributed by atoms with Gasteiger partial charge in [-0.25, -0.2) is 0 Å². The van der Waals surface area contributed by atoms with Gasteiger partial charge in [0.15, 0.2) is 0 Å². The molecule has 1 aromatic carbocycles. The number of rotatable bonds is 2. The molecule has 2 rings (SSSR count). The van der Waals surface area contributed by atoms with Gasteiger partial charge < -0.3 is 10.8 Å². The van der Waals surface area contributed by atoms with Gasteiger partial charge in [0.05, 0.1) is 5.37 Å². The SMILES string of the molecule is NC(S)c1cc(-c2ccc(O)cc2)cs1. The first-order valence-electron chi connectivity index (χ1n) is 4.48. The monoisotopic (exact) mass is 237 g/mol. The molecule has 1 heterocycles. The largest absolute Gasteiger partial charge is 0.508 e. The minimum Gasteiger partial charge on any atom is -0.508 e. The van der Waals surface area contributed by atoms with E-state index in [0.29, 0.717) is 0 Å². The Balaban J connectivity index is 2.33. The average molecular weight is 237 g/mol. The predicted molar refractivity (Wildman–Crippen MR) is 67.3 cm³/mol. The molecule has 0 aliphatic heterocycles. The van der Waals surface area contributed by atoms with Crippen LogP contribution in [0.15, 0.2) is 35.7 Å². The summed E-state index contributed by atoms with van der Waals surface area (Å²) >= 11 is 5.77. The zero-order valence-electron chi connectivity index (χ0n) is 7.92. The number of nitrogens with two attached hydrogens (primary N) is 1. The number of phenolic OH excluding ortho intramolecular Hbond substituents is 1. The third-order valence-electron chi connectivity index (χ3n) is 2.11. The van der Waals surface area contributed by atoms with Crippen molar-refractivity contribution < 1.29 is 5.11 Å². The van der Waals surface area contributed by atoms with Gasteiger partial charge in [-0.2, -0.15) is 12.6 Å². The van der Waals surface area contributed by atoms with Gasteiger partial charge in [-0.3, -0.25) is 0 Å². The molecule has 1 aromatic heterocycles. The Labute approximate surface area is 97.8 Å². The Morgan fingerprint density at radius 3 is 2.40 bits per heavy atom. The van der Waals surface area contributed by atoms with Crippen molar-refractivity contribution in [3.8, 4) is 16.9 Å². The van der Waals surface area contributed by atoms with Gasteiger partial charge >= 0.3 is 0 Å². The smallest absolute Gasteiger partial charge is 0.115 e. The van der Waals surface area contributed by atoms with Gasteiger partial charge in [-0.15, -0.1) is 11.3 Å². The molecule has 4 heteroatoms. The molecule has 0 amide bonds. The van der Waals surface area contributed by atoms with Crippen LogP contribution in [0.2, 0.25) is 0 Å². The number of thiophene rings is 1. The van der Waals surface area contributed by atoms with Gasteiger partial charge in [-0.05, 0) is 34.7 Å². The van der Waals surface area contributed by atoms with Gasteiger partial charge in [0.2, 0.25) is 0 Å². The Morgan fingerprint density at radius 2 is 1.87 bits per heavy atom. The van der Waals surface area contributed by atoms with E-state index in [1.165, 1.54) is 0 Å². The van der Waals surface area contributed by atoms with Crippen LogP contribution in [0, 0.1) is 0 Å². The Hall–Kier alpha value is -0.970. The minimum atomic E-state index is -0.221. The molecule has 0 fully saturated rings. The lowest BCUT2D eigenvalue weighted by molar-refractivity contribution is 0.475. The van der Waals surface area contributed by atoms with Gasteiger partial charge in [0.25, 0.3) is 0 Å². The summed E-state index contributed by atoms with van der Waals surface area (Å²) in [6.45, 7) is 0. The van der Waals surface area contributed by atoms with E-state index in [9.17, 15) is 0 Å². The van der Waals surface area contributed by atoms with E-state index < -0.39 is 0 Å². The van der Waals surface area contributed by atoms with Crippen molar-refractivity contribution in [2.24, 2.45) is 5.73 Å². The second-order valence-electron chi connectivity index (χ2n) is 3.23. The molecule has 15 heavy (non-hydrogen) atoms. The minimum absolute atomic E-state index is 0.221. The van der Waals surface area contributed by atoms with Crippen molar-refractivity contribution in [2.45, 2.75) is 5.37 Å². The van der Waals surface area contributed by atoms with E-state index in [-0.39, 0.29) is 11.1 Å². The molecule has 0 aliphatic rings. The van der Waals surface area contributed by atoms with E-state index in [2.05, 4.69) is 12.6 Å². The summed E-state index contributed by atoms with van der Waals surface area (Å²) in [7, 11) is 0. The fourth-order valence-corrected chi connectivity index (χ4v) is 2.37. The first-order chi connectivity index (χ1) is 7.16. The number of benzene rings is 1. The number of hydrogen-bond donors (Lipinski definition) is 3. The Bertz CT molecular complexity index is 448. The molecule has 1 atom stereocenters. The lowest BCUT2D eigenvalue weighted by atomic mass is 10.1. The van der Waals surface area contributed by atoms with Crippen LogP contribution in [0.1, 0.15) is 10.3 Å². The van der Waals surface area contributed by atoms with Crippen molar-refractivity contribution in [1.29, 1.82) is 0 Å². The van der Waals surface area contributed by atoms with Crippen molar-refractivity contribution in [1.82, 2.24) is 0 Å². The molecule has 0 bridgehead atoms. The molecule has 0 saturated carbocycles. The second-order valence-corrected chi connectivity index (χ2v) is 4.73. The summed E-state index contributed by atoms with van der Waals surface area (Å²) in [5, 5.41) is 11.0. The molecule has 3 N–H and O–H groups in total. The quantitative estimate of drug-likeness (QED) is 0.555. The summed E-state index contributed by atoms with van der Waals surface area (Å²) in [5.41, 5.74) is 7.85. The molecule has 0 radical (unpaired) electrons. The Kier molecular flexibility index (Phi) is 3.00. The standard InChI is InChI=1S/C11H11NOS2/c12-11(14)10-5-8(6-15-10)7-1-3-9(13)4-2-7/h1-6,11,13-14H,12H2. The zero-order chi connectivity index (χ0) is 10.8. The van der Waals surface area contributed by atoms with Crippen LogP contribution in [0.3, 0.4) is 0 Å². The molecule has 0 spiro atoms. The highest BCUT2D eigenvalue weighted by Gasteiger charge is 2.05. The molecule has 0 aliphatic carbocycles. The van der Waals surface area contributed by atoms with E-state index >= 15 is 0 Å². The van der Waals surface area contributed by atoms with Crippen LogP contribution in [-0.2, 0) is 0 Å². The normalized spacial score (nSPS) is 12.7. The molecule has 2 aromatic rings. The Morgan fingerprint density at radius 1 is 1.20 bits per heavy atom. The third-order valence-corrected chi connectivity index (χ3v) is 3.58. The molecule has 78 valence electrons. The predicted octanol–water partition coefficient (Wildman–Crippen LogP) is 3.01. The van der Waals surface area contributed by atoms with Gasteiger partial charge in [0, 0.05) is 4.88 Å². The van der Waals surface area contributed by atoms with Gasteiger partial charge in [0.1, 0.15) is 5.75 Å². The van der Waals surface area contributed by atoms with Crippen molar-refractivity contribution >= 4 is 24.0 Å². The number of thiol groups is 1. The average Bonchev–Trinajstić information content (AvgIpc) is 2.68. The van der Waals surface area contributed by atoms with Crippen LogP contribution >= 0.6 is 24.0 Å². The summed E-state index contributed by atoms with van der Waals surface area (Å²) in [6.07, 6.45) is 0. The van der Waals surface area contributed by atoms with Crippen LogP contribution in [0.5, 0.6) is 5.75 Å². The number of hydrogen-bond acceptors (Lipinski definition) is 4. The number of phenols is 1. The highest BCUT2D eigenvalue weighted by Crippen LogP contribution is 2.30. The van der Waals surface area contributed by atoms with Crippen molar-refractivity contribution in [3.05, 3.63) is 40.6 Å². The summed E-state index contributed by atoms with van der Waals surface area (Å²) in [4.78, 5) is 1.04.